The van der Waals surface area contributed by atoms with E-state index >= 15 is 0 Å². The Morgan fingerprint density at radius 1 is 1.31 bits per heavy atom. The molecule has 0 spiro atoms. The van der Waals surface area contributed by atoms with Crippen LogP contribution in [0, 0.1) is 0 Å². The Morgan fingerprint density at radius 2 is 2.15 bits per heavy atom. The average molecular weight is 371 g/mol. The number of benzene rings is 2. The Morgan fingerprint density at radius 3 is 3.00 bits per heavy atom. The number of aromatic amines is 1. The molecule has 136 valence electrons. The van der Waals surface area contributed by atoms with Gasteiger partial charge in [0.2, 0.25) is 0 Å². The molecule has 1 saturated heterocycles. The normalized spacial score (nSPS) is 19.0. The Bertz CT molecular complexity index is 864. The van der Waals surface area contributed by atoms with E-state index in [0.29, 0.717) is 0 Å². The lowest BCUT2D eigenvalue weighted by atomic mass is 10.1. The molecule has 5 nitrogen and oxygen atoms in total. The maximum atomic E-state index is 5.99. The number of halogens is 1. The second kappa shape index (κ2) is 7.66. The molecular formula is C20H23ClN4O. The minimum absolute atomic E-state index is 0.166. The van der Waals surface area contributed by atoms with Gasteiger partial charge in [-0.15, -0.1) is 0 Å². The highest BCUT2D eigenvalue weighted by Crippen LogP contribution is 2.21. The van der Waals surface area contributed by atoms with Crippen LogP contribution in [0.1, 0.15) is 18.5 Å². The van der Waals surface area contributed by atoms with Gasteiger partial charge in [0.15, 0.2) is 0 Å². The number of aromatic nitrogens is 2. The summed E-state index contributed by atoms with van der Waals surface area (Å²) < 4.78 is 5.95. The third-order valence-electron chi connectivity index (χ3n) is 4.95. The summed E-state index contributed by atoms with van der Waals surface area (Å²) in [6.45, 7) is 5.52. The zero-order chi connectivity index (χ0) is 17.9. The number of morpholine rings is 1. The molecule has 3 aromatic rings. The molecule has 0 amide bonds. The number of anilines is 1. The highest BCUT2D eigenvalue weighted by Gasteiger charge is 2.21. The number of rotatable bonds is 5. The molecule has 26 heavy (non-hydrogen) atoms. The summed E-state index contributed by atoms with van der Waals surface area (Å²) in [4.78, 5) is 2.36. The predicted molar refractivity (Wildman–Crippen MR) is 106 cm³/mol. The van der Waals surface area contributed by atoms with Crippen molar-refractivity contribution in [2.45, 2.75) is 19.1 Å². The second-order valence-corrected chi connectivity index (χ2v) is 7.20. The van der Waals surface area contributed by atoms with Crippen molar-refractivity contribution in [1.29, 1.82) is 0 Å². The van der Waals surface area contributed by atoms with Crippen molar-refractivity contribution < 1.29 is 4.74 Å². The van der Waals surface area contributed by atoms with E-state index in [4.69, 9.17) is 16.3 Å². The lowest BCUT2D eigenvalue weighted by molar-refractivity contribution is 0.0394. The lowest BCUT2D eigenvalue weighted by Crippen LogP contribution is -2.47. The lowest BCUT2D eigenvalue weighted by Gasteiger charge is -2.35. The van der Waals surface area contributed by atoms with Crippen LogP contribution >= 0.6 is 11.6 Å². The minimum atomic E-state index is 0.166. The number of nitrogens with zero attached hydrogens (tertiary/aromatic N) is 2. The molecular weight excluding hydrogens is 348 g/mol. The fourth-order valence-electron chi connectivity index (χ4n) is 3.39. The van der Waals surface area contributed by atoms with Gasteiger partial charge in [0.25, 0.3) is 0 Å². The number of ether oxygens (including phenoxy) is 1. The van der Waals surface area contributed by atoms with Gasteiger partial charge in [0.05, 0.1) is 24.4 Å². The van der Waals surface area contributed by atoms with Gasteiger partial charge in [0, 0.05) is 41.8 Å². The van der Waals surface area contributed by atoms with Crippen LogP contribution in [0.4, 0.5) is 5.69 Å². The molecule has 1 aromatic heterocycles. The molecule has 4 rings (SSSR count). The van der Waals surface area contributed by atoms with Gasteiger partial charge < -0.3 is 15.0 Å². The molecule has 1 aliphatic rings. The fourth-order valence-corrected chi connectivity index (χ4v) is 3.51. The van der Waals surface area contributed by atoms with Gasteiger partial charge >= 0.3 is 0 Å². The zero-order valence-electron chi connectivity index (χ0n) is 14.8. The van der Waals surface area contributed by atoms with Gasteiger partial charge in [-0.05, 0) is 48.9 Å². The van der Waals surface area contributed by atoms with Crippen molar-refractivity contribution >= 4 is 28.2 Å². The number of hydrogen-bond acceptors (Lipinski definition) is 4. The van der Waals surface area contributed by atoms with Crippen molar-refractivity contribution in [1.82, 2.24) is 15.5 Å². The summed E-state index contributed by atoms with van der Waals surface area (Å²) in [5.74, 6) is 0. The minimum Gasteiger partial charge on any atom is -0.373 e. The number of nitrogens with one attached hydrogen (secondary N) is 2. The van der Waals surface area contributed by atoms with Crippen molar-refractivity contribution in [2.75, 3.05) is 31.1 Å². The van der Waals surface area contributed by atoms with Gasteiger partial charge in [-0.2, -0.15) is 5.10 Å². The molecule has 2 unspecified atom stereocenters. The summed E-state index contributed by atoms with van der Waals surface area (Å²) in [6, 6.07) is 14.7. The van der Waals surface area contributed by atoms with Crippen LogP contribution < -0.4 is 10.2 Å². The molecule has 1 fully saturated rings. The first-order valence-corrected chi connectivity index (χ1v) is 9.35. The van der Waals surface area contributed by atoms with E-state index < -0.39 is 0 Å². The smallest absolute Gasteiger partial charge is 0.0875 e. The van der Waals surface area contributed by atoms with E-state index in [1.165, 1.54) is 11.3 Å². The maximum absolute atomic E-state index is 5.99. The molecule has 0 aliphatic carbocycles. The van der Waals surface area contributed by atoms with E-state index in [0.717, 1.165) is 42.2 Å². The third kappa shape index (κ3) is 3.85. The number of H-pyrrole nitrogens is 1. The highest BCUT2D eigenvalue weighted by atomic mass is 35.5. The number of fused-ring (bicyclic) bond motifs is 1. The van der Waals surface area contributed by atoms with Gasteiger partial charge in [-0.1, -0.05) is 17.7 Å². The van der Waals surface area contributed by atoms with Crippen molar-refractivity contribution in [2.24, 2.45) is 0 Å². The summed E-state index contributed by atoms with van der Waals surface area (Å²) in [7, 11) is 0. The first-order valence-electron chi connectivity index (χ1n) is 8.97. The van der Waals surface area contributed by atoms with Crippen LogP contribution in [0.2, 0.25) is 5.02 Å². The monoisotopic (exact) mass is 370 g/mol. The highest BCUT2D eigenvalue weighted by molar-refractivity contribution is 6.30. The Labute approximate surface area is 158 Å². The molecule has 2 heterocycles. The van der Waals surface area contributed by atoms with Crippen molar-refractivity contribution in [3.8, 4) is 0 Å². The first kappa shape index (κ1) is 17.3. The predicted octanol–water partition coefficient (Wildman–Crippen LogP) is 3.77. The molecule has 0 saturated carbocycles. The Kier molecular flexibility index (Phi) is 5.11. The second-order valence-electron chi connectivity index (χ2n) is 6.76. The van der Waals surface area contributed by atoms with Crippen LogP contribution in [0.3, 0.4) is 0 Å². The summed E-state index contributed by atoms with van der Waals surface area (Å²) in [5.41, 5.74) is 3.51. The van der Waals surface area contributed by atoms with E-state index in [1.807, 2.05) is 18.3 Å². The van der Waals surface area contributed by atoms with E-state index in [-0.39, 0.29) is 12.1 Å². The van der Waals surface area contributed by atoms with Crippen LogP contribution in [-0.4, -0.2) is 42.5 Å². The summed E-state index contributed by atoms with van der Waals surface area (Å²) in [6.07, 6.45) is 2.03. The van der Waals surface area contributed by atoms with E-state index in [1.54, 1.807) is 0 Å². The quantitative estimate of drug-likeness (QED) is 0.717. The third-order valence-corrected chi connectivity index (χ3v) is 5.20. The SMILES string of the molecule is CC(NCC1CN(c2ccc(Cl)cc2)CCO1)c1ccc2[nH]ncc2c1. The largest absolute Gasteiger partial charge is 0.373 e. The summed E-state index contributed by atoms with van der Waals surface area (Å²) >= 11 is 5.99. The van der Waals surface area contributed by atoms with Crippen LogP contribution in [0.15, 0.2) is 48.7 Å². The zero-order valence-corrected chi connectivity index (χ0v) is 15.5. The topological polar surface area (TPSA) is 53.2 Å². The standard InChI is InChI=1S/C20H23ClN4O/c1-14(15-2-7-20-16(10-15)11-23-24-20)22-12-19-13-25(8-9-26-19)18-5-3-17(21)4-6-18/h2-7,10-11,14,19,22H,8-9,12-13H2,1H3,(H,23,24). The summed E-state index contributed by atoms with van der Waals surface area (Å²) in [5, 5.41) is 12.6. The fraction of sp³-hybridized carbons (Fsp3) is 0.350. The molecule has 0 bridgehead atoms. The van der Waals surface area contributed by atoms with Gasteiger partial charge in [-0.3, -0.25) is 5.10 Å². The molecule has 0 radical (unpaired) electrons. The Hall–Kier alpha value is -2.08. The van der Waals surface area contributed by atoms with Gasteiger partial charge in [0.1, 0.15) is 0 Å². The van der Waals surface area contributed by atoms with Crippen LogP contribution in [0.25, 0.3) is 10.9 Å². The molecule has 2 N–H and O–H groups in total. The Balaban J connectivity index is 1.35. The molecule has 1 aliphatic heterocycles. The van der Waals surface area contributed by atoms with E-state index in [2.05, 4.69) is 57.7 Å². The van der Waals surface area contributed by atoms with Crippen molar-refractivity contribution in [3.63, 3.8) is 0 Å². The molecule has 2 atom stereocenters. The molecule has 6 heteroatoms. The van der Waals surface area contributed by atoms with Crippen molar-refractivity contribution in [3.05, 3.63) is 59.2 Å². The van der Waals surface area contributed by atoms with Gasteiger partial charge in [-0.25, -0.2) is 0 Å². The average Bonchev–Trinajstić information content (AvgIpc) is 3.15. The maximum Gasteiger partial charge on any atom is 0.0875 e. The van der Waals surface area contributed by atoms with Crippen LogP contribution in [-0.2, 0) is 4.74 Å². The van der Waals surface area contributed by atoms with E-state index in [9.17, 15) is 0 Å². The molecule has 2 aromatic carbocycles. The number of hydrogen-bond donors (Lipinski definition) is 2. The van der Waals surface area contributed by atoms with Crippen LogP contribution in [0.5, 0.6) is 0 Å². The first-order chi connectivity index (χ1) is 12.7.